The van der Waals surface area contributed by atoms with Crippen LogP contribution in [0.25, 0.3) is 0 Å². The molecule has 0 fully saturated rings. The summed E-state index contributed by atoms with van der Waals surface area (Å²) < 4.78 is 24.0. The van der Waals surface area contributed by atoms with Gasteiger partial charge in [0.15, 0.2) is 0 Å². The maximum absolute atomic E-state index is 13.4. The SMILES string of the molecule is CC(C)COC(=O)NC(c1ccc(F)cc1)c1ccccc1C(=O)OCC(C)C. The lowest BCUT2D eigenvalue weighted by atomic mass is 9.94. The lowest BCUT2D eigenvalue weighted by molar-refractivity contribution is 0.0456. The molecule has 0 bridgehead atoms. The summed E-state index contributed by atoms with van der Waals surface area (Å²) in [5.74, 6) is -0.482. The van der Waals surface area contributed by atoms with Gasteiger partial charge in [0, 0.05) is 0 Å². The predicted octanol–water partition coefficient (Wildman–Crippen LogP) is 5.11. The largest absolute Gasteiger partial charge is 0.462 e. The second kappa shape index (κ2) is 10.6. The van der Waals surface area contributed by atoms with Crippen molar-refractivity contribution >= 4 is 12.1 Å². The van der Waals surface area contributed by atoms with Gasteiger partial charge in [-0.15, -0.1) is 0 Å². The van der Waals surface area contributed by atoms with E-state index >= 15 is 0 Å². The first kappa shape index (κ1) is 22.4. The molecule has 0 aliphatic heterocycles. The number of alkyl carbamates (subject to hydrolysis) is 1. The number of amides is 1. The van der Waals surface area contributed by atoms with Gasteiger partial charge < -0.3 is 14.8 Å². The molecule has 0 saturated carbocycles. The first-order valence-corrected chi connectivity index (χ1v) is 9.72. The molecule has 0 spiro atoms. The summed E-state index contributed by atoms with van der Waals surface area (Å²) >= 11 is 0. The lowest BCUT2D eigenvalue weighted by Crippen LogP contribution is -2.32. The molecular weight excluding hydrogens is 373 g/mol. The highest BCUT2D eigenvalue weighted by molar-refractivity contribution is 5.91. The average molecular weight is 401 g/mol. The minimum atomic E-state index is -0.696. The van der Waals surface area contributed by atoms with Crippen LogP contribution in [0.3, 0.4) is 0 Å². The number of benzene rings is 2. The van der Waals surface area contributed by atoms with Crippen molar-refractivity contribution in [1.82, 2.24) is 5.32 Å². The number of esters is 1. The predicted molar refractivity (Wildman–Crippen MR) is 109 cm³/mol. The van der Waals surface area contributed by atoms with Crippen LogP contribution in [-0.2, 0) is 9.47 Å². The normalized spacial score (nSPS) is 12.0. The molecule has 1 amide bonds. The number of ether oxygens (including phenoxy) is 2. The Morgan fingerprint density at radius 1 is 0.897 bits per heavy atom. The number of halogens is 1. The fourth-order valence-electron chi connectivity index (χ4n) is 2.65. The first-order chi connectivity index (χ1) is 13.8. The maximum Gasteiger partial charge on any atom is 0.407 e. The summed E-state index contributed by atoms with van der Waals surface area (Å²) in [6.07, 6.45) is -0.613. The van der Waals surface area contributed by atoms with E-state index < -0.39 is 18.1 Å². The summed E-state index contributed by atoms with van der Waals surface area (Å²) in [4.78, 5) is 25.0. The topological polar surface area (TPSA) is 64.6 Å². The Kier molecular flexibility index (Phi) is 8.19. The van der Waals surface area contributed by atoms with Crippen LogP contribution >= 0.6 is 0 Å². The molecule has 29 heavy (non-hydrogen) atoms. The molecule has 1 unspecified atom stereocenters. The van der Waals surface area contributed by atoms with E-state index in [4.69, 9.17) is 9.47 Å². The fraction of sp³-hybridized carbons (Fsp3) is 0.391. The first-order valence-electron chi connectivity index (χ1n) is 9.72. The Balaban J connectivity index is 2.37. The van der Waals surface area contributed by atoms with E-state index in [1.165, 1.54) is 12.1 Å². The molecular formula is C23H28FNO4. The maximum atomic E-state index is 13.4. The number of hydrogen-bond acceptors (Lipinski definition) is 4. The van der Waals surface area contributed by atoms with Crippen LogP contribution in [0.2, 0.25) is 0 Å². The Bertz CT molecular complexity index is 818. The number of nitrogens with one attached hydrogen (secondary N) is 1. The summed E-state index contributed by atoms with van der Waals surface area (Å²) in [7, 11) is 0. The Morgan fingerprint density at radius 3 is 2.10 bits per heavy atom. The summed E-state index contributed by atoms with van der Waals surface area (Å²) in [6.45, 7) is 8.33. The molecule has 156 valence electrons. The zero-order chi connectivity index (χ0) is 21.4. The van der Waals surface area contributed by atoms with Crippen LogP contribution in [0.15, 0.2) is 48.5 Å². The van der Waals surface area contributed by atoms with Crippen LogP contribution < -0.4 is 5.32 Å². The third-order valence-electron chi connectivity index (χ3n) is 4.05. The van der Waals surface area contributed by atoms with Crippen LogP contribution in [0, 0.1) is 17.7 Å². The molecule has 0 aliphatic carbocycles. The van der Waals surface area contributed by atoms with Gasteiger partial charge in [-0.05, 0) is 41.2 Å². The van der Waals surface area contributed by atoms with Crippen molar-refractivity contribution in [1.29, 1.82) is 0 Å². The zero-order valence-electron chi connectivity index (χ0n) is 17.3. The molecule has 0 saturated heterocycles. The zero-order valence-corrected chi connectivity index (χ0v) is 17.3. The van der Waals surface area contributed by atoms with Crippen molar-refractivity contribution in [3.63, 3.8) is 0 Å². The number of hydrogen-bond donors (Lipinski definition) is 1. The van der Waals surface area contributed by atoms with Crippen molar-refractivity contribution in [2.45, 2.75) is 33.7 Å². The van der Waals surface area contributed by atoms with E-state index in [-0.39, 0.29) is 30.9 Å². The lowest BCUT2D eigenvalue weighted by Gasteiger charge is -2.22. The van der Waals surface area contributed by atoms with Crippen molar-refractivity contribution in [3.05, 3.63) is 71.0 Å². The van der Waals surface area contributed by atoms with Gasteiger partial charge in [0.05, 0.1) is 24.8 Å². The van der Waals surface area contributed by atoms with Gasteiger partial charge in [0.2, 0.25) is 0 Å². The summed E-state index contributed by atoms with van der Waals surface area (Å²) in [6, 6.07) is 11.9. The molecule has 1 atom stereocenters. The Labute approximate surface area is 171 Å². The van der Waals surface area contributed by atoms with Crippen molar-refractivity contribution in [3.8, 4) is 0 Å². The highest BCUT2D eigenvalue weighted by atomic mass is 19.1. The van der Waals surface area contributed by atoms with Gasteiger partial charge in [-0.3, -0.25) is 0 Å². The van der Waals surface area contributed by atoms with Crippen LogP contribution in [0.1, 0.15) is 55.2 Å². The third-order valence-corrected chi connectivity index (χ3v) is 4.05. The van der Waals surface area contributed by atoms with E-state index in [9.17, 15) is 14.0 Å². The highest BCUT2D eigenvalue weighted by Crippen LogP contribution is 2.26. The summed E-state index contributed by atoms with van der Waals surface area (Å²) in [5, 5.41) is 2.79. The van der Waals surface area contributed by atoms with E-state index in [1.807, 2.05) is 27.7 Å². The molecule has 0 aliphatic rings. The quantitative estimate of drug-likeness (QED) is 0.624. The number of carbonyl (C=O) groups is 2. The van der Waals surface area contributed by atoms with E-state index in [0.29, 0.717) is 16.7 Å². The molecule has 2 aromatic rings. The monoisotopic (exact) mass is 401 g/mol. The van der Waals surface area contributed by atoms with E-state index in [0.717, 1.165) is 0 Å². The molecule has 6 heteroatoms. The molecule has 0 aromatic heterocycles. The van der Waals surface area contributed by atoms with Crippen molar-refractivity contribution in [2.24, 2.45) is 11.8 Å². The van der Waals surface area contributed by atoms with Gasteiger partial charge in [-0.1, -0.05) is 58.0 Å². The molecule has 1 N–H and O–H groups in total. The van der Waals surface area contributed by atoms with Gasteiger partial charge in [-0.2, -0.15) is 0 Å². The average Bonchev–Trinajstić information content (AvgIpc) is 2.69. The van der Waals surface area contributed by atoms with Gasteiger partial charge in [0.25, 0.3) is 0 Å². The fourth-order valence-corrected chi connectivity index (χ4v) is 2.65. The van der Waals surface area contributed by atoms with E-state index in [1.54, 1.807) is 36.4 Å². The van der Waals surface area contributed by atoms with Crippen LogP contribution in [0.5, 0.6) is 0 Å². The standard InChI is InChI=1S/C23H28FNO4/c1-15(2)13-28-22(26)20-8-6-5-7-19(20)21(17-9-11-18(24)12-10-17)25-23(27)29-14-16(3)4/h5-12,15-16,21H,13-14H2,1-4H3,(H,25,27). The van der Waals surface area contributed by atoms with Crippen molar-refractivity contribution < 1.29 is 23.5 Å². The minimum absolute atomic E-state index is 0.184. The van der Waals surface area contributed by atoms with Crippen LogP contribution in [-0.4, -0.2) is 25.3 Å². The van der Waals surface area contributed by atoms with Gasteiger partial charge in [0.1, 0.15) is 5.82 Å². The molecule has 0 radical (unpaired) electrons. The third kappa shape index (κ3) is 6.89. The van der Waals surface area contributed by atoms with Gasteiger partial charge >= 0.3 is 12.1 Å². The number of rotatable bonds is 8. The van der Waals surface area contributed by atoms with Crippen LogP contribution in [0.4, 0.5) is 9.18 Å². The molecule has 5 nitrogen and oxygen atoms in total. The minimum Gasteiger partial charge on any atom is -0.462 e. The Hall–Kier alpha value is -2.89. The summed E-state index contributed by atoms with van der Waals surface area (Å²) in [5.41, 5.74) is 1.51. The highest BCUT2D eigenvalue weighted by Gasteiger charge is 2.24. The second-order valence-electron chi connectivity index (χ2n) is 7.70. The molecule has 2 aromatic carbocycles. The molecule has 0 heterocycles. The molecule has 2 rings (SSSR count). The number of carbonyl (C=O) groups excluding carboxylic acids is 2. The smallest absolute Gasteiger partial charge is 0.407 e. The second-order valence-corrected chi connectivity index (χ2v) is 7.70. The van der Waals surface area contributed by atoms with E-state index in [2.05, 4.69) is 5.32 Å². The Morgan fingerprint density at radius 2 is 1.48 bits per heavy atom. The van der Waals surface area contributed by atoms with Crippen molar-refractivity contribution in [2.75, 3.05) is 13.2 Å². The van der Waals surface area contributed by atoms with Gasteiger partial charge in [-0.25, -0.2) is 14.0 Å².